The molecule has 2 atom stereocenters. The van der Waals surface area contributed by atoms with Gasteiger partial charge in [-0.15, -0.1) is 0 Å². The predicted molar refractivity (Wildman–Crippen MR) is 150 cm³/mol. The highest BCUT2D eigenvalue weighted by Crippen LogP contribution is 2.46. The Balaban J connectivity index is 1.88. The summed E-state index contributed by atoms with van der Waals surface area (Å²) >= 11 is 0. The number of esters is 1. The van der Waals surface area contributed by atoms with Crippen LogP contribution in [0.2, 0.25) is 0 Å². The van der Waals surface area contributed by atoms with Gasteiger partial charge in [-0.3, -0.25) is 19.1 Å². The SMILES string of the molecule is CCOC(=O)C1C(C)=Nc2cc(-c3ccccc3)n(-c3ccc(OC)cc3)c(=O)c2C1c1ccccc1C(F)(F)F. The molecule has 4 aromatic rings. The van der Waals surface area contributed by atoms with Gasteiger partial charge >= 0.3 is 12.1 Å². The van der Waals surface area contributed by atoms with E-state index in [2.05, 4.69) is 4.99 Å². The summed E-state index contributed by atoms with van der Waals surface area (Å²) in [5.74, 6) is -2.70. The number of carbonyl (C=O) groups is 1. The van der Waals surface area contributed by atoms with Crippen LogP contribution in [0.3, 0.4) is 0 Å². The molecule has 2 heterocycles. The number of alkyl halides is 3. The third kappa shape index (κ3) is 5.15. The molecule has 1 aromatic heterocycles. The summed E-state index contributed by atoms with van der Waals surface area (Å²) in [6.45, 7) is 3.21. The number of aliphatic imine (C=N–C) groups is 1. The first kappa shape index (κ1) is 27.9. The van der Waals surface area contributed by atoms with Gasteiger partial charge in [0.25, 0.3) is 5.56 Å². The highest BCUT2D eigenvalue weighted by Gasteiger charge is 2.45. The number of pyridine rings is 1. The number of methoxy groups -OCH3 is 1. The van der Waals surface area contributed by atoms with E-state index in [1.54, 1.807) is 44.2 Å². The van der Waals surface area contributed by atoms with Crippen molar-refractivity contribution in [2.45, 2.75) is 25.9 Å². The van der Waals surface area contributed by atoms with Gasteiger partial charge in [-0.1, -0.05) is 48.5 Å². The van der Waals surface area contributed by atoms with Crippen molar-refractivity contribution in [2.75, 3.05) is 13.7 Å². The molecule has 6 nitrogen and oxygen atoms in total. The van der Waals surface area contributed by atoms with Crippen LogP contribution in [-0.4, -0.2) is 30.0 Å². The number of hydrogen-bond donors (Lipinski definition) is 0. The molecule has 0 radical (unpaired) electrons. The molecule has 41 heavy (non-hydrogen) atoms. The standard InChI is InChI=1S/C32H27F3N2O4/c1-4-41-31(39)27-19(2)36-25-18-26(20-10-6-5-7-11-20)37(21-14-16-22(40-3)17-15-21)30(38)29(25)28(27)23-12-8-9-13-24(23)32(33,34)35/h5-18,27-28H,4H2,1-3H3. The second-order valence-electron chi connectivity index (χ2n) is 9.58. The largest absolute Gasteiger partial charge is 0.497 e. The normalized spacial score (nSPS) is 16.5. The van der Waals surface area contributed by atoms with E-state index in [1.165, 1.54) is 29.9 Å². The van der Waals surface area contributed by atoms with Crippen LogP contribution in [0.5, 0.6) is 5.75 Å². The van der Waals surface area contributed by atoms with Crippen molar-refractivity contribution in [1.29, 1.82) is 0 Å². The lowest BCUT2D eigenvalue weighted by Gasteiger charge is -2.33. The van der Waals surface area contributed by atoms with Crippen LogP contribution in [0.15, 0.2) is 94.7 Å². The van der Waals surface area contributed by atoms with E-state index in [9.17, 15) is 22.8 Å². The van der Waals surface area contributed by atoms with Gasteiger partial charge in [0.15, 0.2) is 0 Å². The smallest absolute Gasteiger partial charge is 0.416 e. The zero-order valence-electron chi connectivity index (χ0n) is 22.6. The lowest BCUT2D eigenvalue weighted by atomic mass is 9.74. The average molecular weight is 561 g/mol. The number of hydrogen-bond acceptors (Lipinski definition) is 5. The summed E-state index contributed by atoms with van der Waals surface area (Å²) in [6, 6.07) is 22.6. The number of benzene rings is 3. The fraction of sp³-hybridized carbons (Fsp3) is 0.219. The van der Waals surface area contributed by atoms with Gasteiger partial charge in [0.05, 0.1) is 36.2 Å². The zero-order valence-corrected chi connectivity index (χ0v) is 22.6. The van der Waals surface area contributed by atoms with Crippen LogP contribution in [0.4, 0.5) is 18.9 Å². The van der Waals surface area contributed by atoms with Crippen LogP contribution in [-0.2, 0) is 15.7 Å². The molecule has 0 amide bonds. The molecule has 0 spiro atoms. The maximum absolute atomic E-state index is 14.6. The highest BCUT2D eigenvalue weighted by molar-refractivity contribution is 6.05. The molecular formula is C32H27F3N2O4. The molecule has 1 aliphatic rings. The van der Waals surface area contributed by atoms with E-state index in [4.69, 9.17) is 9.47 Å². The first-order valence-electron chi connectivity index (χ1n) is 13.0. The number of carbonyl (C=O) groups excluding carboxylic acids is 1. The summed E-state index contributed by atoms with van der Waals surface area (Å²) in [5.41, 5.74) is 0.419. The zero-order chi connectivity index (χ0) is 29.3. The molecule has 1 aliphatic heterocycles. The summed E-state index contributed by atoms with van der Waals surface area (Å²) in [7, 11) is 1.52. The molecule has 0 bridgehead atoms. The fourth-order valence-corrected chi connectivity index (χ4v) is 5.37. The summed E-state index contributed by atoms with van der Waals surface area (Å²) in [6.07, 6.45) is -4.72. The number of aromatic nitrogens is 1. The summed E-state index contributed by atoms with van der Waals surface area (Å²) in [4.78, 5) is 32.5. The Bertz CT molecular complexity index is 1680. The Kier molecular flexibility index (Phi) is 7.53. The highest BCUT2D eigenvalue weighted by atomic mass is 19.4. The van der Waals surface area contributed by atoms with E-state index < -0.39 is 35.1 Å². The third-order valence-electron chi connectivity index (χ3n) is 7.16. The van der Waals surface area contributed by atoms with E-state index in [0.717, 1.165) is 6.07 Å². The fourth-order valence-electron chi connectivity index (χ4n) is 5.37. The molecule has 0 saturated carbocycles. The number of ether oxygens (including phenoxy) is 2. The summed E-state index contributed by atoms with van der Waals surface area (Å²) < 4.78 is 54.9. The monoisotopic (exact) mass is 560 g/mol. The first-order valence-corrected chi connectivity index (χ1v) is 13.0. The van der Waals surface area contributed by atoms with E-state index >= 15 is 0 Å². The maximum atomic E-state index is 14.6. The van der Waals surface area contributed by atoms with Gasteiger partial charge in [0.1, 0.15) is 11.7 Å². The molecule has 0 aliphatic carbocycles. The van der Waals surface area contributed by atoms with E-state index in [0.29, 0.717) is 22.7 Å². The Labute approximate surface area is 234 Å². The van der Waals surface area contributed by atoms with E-state index in [1.807, 2.05) is 30.3 Å². The first-order chi connectivity index (χ1) is 19.7. The topological polar surface area (TPSA) is 69.9 Å². The van der Waals surface area contributed by atoms with Crippen molar-refractivity contribution in [1.82, 2.24) is 4.57 Å². The average Bonchev–Trinajstić information content (AvgIpc) is 2.96. The Morgan fingerprint density at radius 1 is 0.976 bits per heavy atom. The van der Waals surface area contributed by atoms with Gasteiger partial charge in [0, 0.05) is 17.3 Å². The van der Waals surface area contributed by atoms with Crippen molar-refractivity contribution in [3.8, 4) is 22.7 Å². The molecule has 0 fully saturated rings. The number of fused-ring (bicyclic) bond motifs is 1. The second kappa shape index (κ2) is 11.1. The Morgan fingerprint density at radius 3 is 2.27 bits per heavy atom. The molecule has 3 aromatic carbocycles. The number of halogens is 3. The van der Waals surface area contributed by atoms with Crippen molar-refractivity contribution in [2.24, 2.45) is 10.9 Å². The van der Waals surface area contributed by atoms with Gasteiger partial charge in [-0.2, -0.15) is 13.2 Å². The van der Waals surface area contributed by atoms with Crippen molar-refractivity contribution >= 4 is 17.4 Å². The lowest BCUT2D eigenvalue weighted by molar-refractivity contribution is -0.147. The number of rotatable bonds is 6. The van der Waals surface area contributed by atoms with Gasteiger partial charge in [-0.05, 0) is 61.4 Å². The minimum atomic E-state index is -4.72. The van der Waals surface area contributed by atoms with Crippen LogP contribution in [0.25, 0.3) is 16.9 Å². The Hall–Kier alpha value is -4.66. The second-order valence-corrected chi connectivity index (χ2v) is 9.58. The molecule has 2 unspecified atom stereocenters. The molecule has 0 N–H and O–H groups in total. The van der Waals surface area contributed by atoms with E-state index in [-0.39, 0.29) is 29.1 Å². The third-order valence-corrected chi connectivity index (χ3v) is 7.16. The maximum Gasteiger partial charge on any atom is 0.416 e. The molecule has 0 saturated heterocycles. The van der Waals surface area contributed by atoms with Crippen LogP contribution >= 0.6 is 0 Å². The van der Waals surface area contributed by atoms with Crippen molar-refractivity contribution < 1.29 is 27.4 Å². The van der Waals surface area contributed by atoms with Gasteiger partial charge in [0.2, 0.25) is 0 Å². The lowest BCUT2D eigenvalue weighted by Crippen LogP contribution is -2.38. The van der Waals surface area contributed by atoms with Crippen LogP contribution < -0.4 is 10.3 Å². The molecule has 210 valence electrons. The van der Waals surface area contributed by atoms with Gasteiger partial charge < -0.3 is 9.47 Å². The quantitative estimate of drug-likeness (QED) is 0.239. The minimum absolute atomic E-state index is 0.0131. The van der Waals surface area contributed by atoms with Crippen LogP contribution in [0.1, 0.15) is 36.5 Å². The van der Waals surface area contributed by atoms with Crippen molar-refractivity contribution in [3.05, 3.63) is 112 Å². The Morgan fingerprint density at radius 2 is 1.63 bits per heavy atom. The van der Waals surface area contributed by atoms with Gasteiger partial charge in [-0.25, -0.2) is 0 Å². The minimum Gasteiger partial charge on any atom is -0.497 e. The van der Waals surface area contributed by atoms with Crippen molar-refractivity contribution in [3.63, 3.8) is 0 Å². The number of nitrogens with zero attached hydrogens (tertiary/aromatic N) is 2. The summed E-state index contributed by atoms with van der Waals surface area (Å²) in [5, 5.41) is 0. The molecule has 5 rings (SSSR count). The molecular weight excluding hydrogens is 533 g/mol. The predicted octanol–water partition coefficient (Wildman–Crippen LogP) is 6.95. The van der Waals surface area contributed by atoms with Crippen LogP contribution in [0, 0.1) is 5.92 Å². The molecule has 9 heteroatoms.